The average molecular weight is 388 g/mol. The fourth-order valence-electron chi connectivity index (χ4n) is 3.13. The highest BCUT2D eigenvalue weighted by atomic mass is 16.5. The fraction of sp³-hybridized carbons (Fsp3) is 0.167. The van der Waals surface area contributed by atoms with Crippen LogP contribution in [-0.4, -0.2) is 24.7 Å². The summed E-state index contributed by atoms with van der Waals surface area (Å²) in [6.45, 7) is 4.40. The van der Waals surface area contributed by atoms with E-state index >= 15 is 0 Å². The second kappa shape index (κ2) is 9.55. The third-order valence-electron chi connectivity index (χ3n) is 4.50. The van der Waals surface area contributed by atoms with Gasteiger partial charge in [0.25, 0.3) is 5.91 Å². The van der Waals surface area contributed by atoms with E-state index in [0.717, 1.165) is 11.1 Å². The van der Waals surface area contributed by atoms with Gasteiger partial charge in [0.05, 0.1) is 14.2 Å². The van der Waals surface area contributed by atoms with Crippen LogP contribution in [0.1, 0.15) is 21.5 Å². The number of hydrogen-bond acceptors (Lipinski definition) is 3. The Balaban J connectivity index is 2.01. The number of allylic oxidation sites excluding steroid dienone is 1. The maximum atomic E-state index is 12.9. The van der Waals surface area contributed by atoms with Crippen LogP contribution < -0.4 is 15.0 Å². The number of nitrogens with zero attached hydrogens (tertiary/aromatic N) is 2. The molecule has 2 aromatic carbocycles. The van der Waals surface area contributed by atoms with Gasteiger partial charge in [0, 0.05) is 23.9 Å². The molecule has 0 bridgehead atoms. The lowest BCUT2D eigenvalue weighted by molar-refractivity contribution is 0.0996. The van der Waals surface area contributed by atoms with Crippen LogP contribution in [0.4, 0.5) is 0 Å². The number of hydrogen-bond donors (Lipinski definition) is 0. The summed E-state index contributed by atoms with van der Waals surface area (Å²) in [5.41, 5.74) is 2.98. The molecule has 3 rings (SSSR count). The molecule has 0 N–H and O–H groups in total. The van der Waals surface area contributed by atoms with Crippen LogP contribution >= 0.6 is 0 Å². The lowest BCUT2D eigenvalue weighted by Gasteiger charge is -2.13. The highest BCUT2D eigenvalue weighted by molar-refractivity contribution is 5.96. The first kappa shape index (κ1) is 20.1. The summed E-state index contributed by atoms with van der Waals surface area (Å²) in [6, 6.07) is 19.1. The van der Waals surface area contributed by atoms with Gasteiger partial charge in [0.15, 0.2) is 11.5 Å². The van der Waals surface area contributed by atoms with Gasteiger partial charge in [-0.15, -0.1) is 6.58 Å². The number of benzene rings is 2. The fourth-order valence-corrected chi connectivity index (χ4v) is 3.13. The maximum Gasteiger partial charge on any atom is 0.279 e. The molecule has 0 saturated carbocycles. The Labute approximate surface area is 170 Å². The maximum absolute atomic E-state index is 12.9. The summed E-state index contributed by atoms with van der Waals surface area (Å²) in [5.74, 6) is 0.753. The van der Waals surface area contributed by atoms with E-state index in [1.807, 2.05) is 59.3 Å². The van der Waals surface area contributed by atoms with Gasteiger partial charge < -0.3 is 14.0 Å². The van der Waals surface area contributed by atoms with E-state index in [9.17, 15) is 4.79 Å². The number of rotatable bonds is 7. The minimum Gasteiger partial charge on any atom is -0.493 e. The minimum absolute atomic E-state index is 0.343. The van der Waals surface area contributed by atoms with Crippen molar-refractivity contribution in [2.24, 2.45) is 4.99 Å². The predicted molar refractivity (Wildman–Crippen MR) is 113 cm³/mol. The molecule has 0 unspecified atom stereocenters. The van der Waals surface area contributed by atoms with Crippen molar-refractivity contribution in [3.05, 3.63) is 102 Å². The van der Waals surface area contributed by atoms with Gasteiger partial charge in [-0.3, -0.25) is 4.79 Å². The zero-order valence-electron chi connectivity index (χ0n) is 16.7. The first-order valence-corrected chi connectivity index (χ1v) is 9.30. The van der Waals surface area contributed by atoms with Crippen LogP contribution in [0.5, 0.6) is 11.5 Å². The Morgan fingerprint density at radius 3 is 2.52 bits per heavy atom. The van der Waals surface area contributed by atoms with E-state index in [2.05, 4.69) is 11.6 Å². The van der Waals surface area contributed by atoms with Crippen molar-refractivity contribution in [3.8, 4) is 11.5 Å². The molecule has 0 saturated heterocycles. The predicted octanol–water partition coefficient (Wildman–Crippen LogP) is 4.02. The normalized spacial score (nSPS) is 11.2. The van der Waals surface area contributed by atoms with Crippen molar-refractivity contribution in [1.82, 2.24) is 4.57 Å². The molecule has 0 spiro atoms. The van der Waals surface area contributed by atoms with E-state index in [4.69, 9.17) is 9.47 Å². The quantitative estimate of drug-likeness (QED) is 0.575. The van der Waals surface area contributed by atoms with Crippen molar-refractivity contribution in [2.45, 2.75) is 13.0 Å². The summed E-state index contributed by atoms with van der Waals surface area (Å²) >= 11 is 0. The zero-order valence-corrected chi connectivity index (χ0v) is 16.7. The van der Waals surface area contributed by atoms with Gasteiger partial charge in [-0.1, -0.05) is 42.5 Å². The van der Waals surface area contributed by atoms with Crippen LogP contribution in [0.15, 0.2) is 84.5 Å². The summed E-state index contributed by atoms with van der Waals surface area (Å²) in [6.07, 6.45) is 4.23. The first-order chi connectivity index (χ1) is 14.2. The molecule has 0 atom stereocenters. The van der Waals surface area contributed by atoms with Crippen molar-refractivity contribution < 1.29 is 14.3 Å². The highest BCUT2D eigenvalue weighted by Gasteiger charge is 2.15. The number of amides is 1. The topological polar surface area (TPSA) is 52.8 Å². The van der Waals surface area contributed by atoms with Gasteiger partial charge in [-0.2, -0.15) is 4.99 Å². The highest BCUT2D eigenvalue weighted by Crippen LogP contribution is 2.33. The number of pyridine rings is 1. The molecule has 0 aliphatic heterocycles. The summed E-state index contributed by atoms with van der Waals surface area (Å²) < 4.78 is 12.8. The Kier molecular flexibility index (Phi) is 6.63. The molecule has 0 aliphatic carbocycles. The lowest BCUT2D eigenvalue weighted by atomic mass is 10.1. The van der Waals surface area contributed by atoms with E-state index in [0.29, 0.717) is 35.5 Å². The van der Waals surface area contributed by atoms with Gasteiger partial charge in [-0.25, -0.2) is 0 Å². The van der Waals surface area contributed by atoms with Gasteiger partial charge in [0.2, 0.25) is 0 Å². The molecule has 148 valence electrons. The van der Waals surface area contributed by atoms with E-state index < -0.39 is 0 Å². The number of methoxy groups -OCH3 is 2. The Hall–Kier alpha value is -3.60. The number of carbonyl (C=O) groups is 1. The molecule has 3 aromatic rings. The molecule has 5 heteroatoms. The number of carbonyl (C=O) groups excluding carboxylic acids is 1. The van der Waals surface area contributed by atoms with Crippen molar-refractivity contribution >= 4 is 5.91 Å². The molecule has 29 heavy (non-hydrogen) atoms. The van der Waals surface area contributed by atoms with Crippen molar-refractivity contribution in [2.75, 3.05) is 14.2 Å². The molecule has 5 nitrogen and oxygen atoms in total. The summed E-state index contributed by atoms with van der Waals surface area (Å²) in [4.78, 5) is 17.3. The lowest BCUT2D eigenvalue weighted by Crippen LogP contribution is -2.22. The summed E-state index contributed by atoms with van der Waals surface area (Å²) in [5, 5.41) is 0. The molecule has 0 aliphatic rings. The minimum atomic E-state index is -0.343. The van der Waals surface area contributed by atoms with E-state index in [1.54, 1.807) is 32.4 Å². The molecule has 1 aromatic heterocycles. The van der Waals surface area contributed by atoms with Gasteiger partial charge in [0.1, 0.15) is 5.49 Å². The smallest absolute Gasteiger partial charge is 0.279 e. The van der Waals surface area contributed by atoms with Crippen LogP contribution in [0.25, 0.3) is 0 Å². The van der Waals surface area contributed by atoms with Crippen molar-refractivity contribution in [3.63, 3.8) is 0 Å². The molecule has 1 heterocycles. The molecule has 1 amide bonds. The zero-order chi connectivity index (χ0) is 20.6. The molecule has 0 fully saturated rings. The number of aromatic nitrogens is 1. The van der Waals surface area contributed by atoms with Crippen LogP contribution in [-0.2, 0) is 13.0 Å². The van der Waals surface area contributed by atoms with Crippen LogP contribution in [0.3, 0.4) is 0 Å². The Morgan fingerprint density at radius 2 is 1.83 bits per heavy atom. The standard InChI is InChI=1S/C24H24N2O3/c1-4-10-19-15-20(16-21(28-2)23(19)29-3)24(27)25-22-13-8-9-14-26(22)17-18-11-6-5-7-12-18/h4-9,11-16H,1,10,17H2,2-3H3. The molecular formula is C24H24N2O3. The SMILES string of the molecule is C=CCc1cc(C(=O)N=c2ccccn2Cc2ccccc2)cc(OC)c1OC. The van der Waals surface area contributed by atoms with E-state index in [-0.39, 0.29) is 5.91 Å². The van der Waals surface area contributed by atoms with Gasteiger partial charge >= 0.3 is 0 Å². The molecule has 0 radical (unpaired) electrons. The van der Waals surface area contributed by atoms with Crippen LogP contribution in [0.2, 0.25) is 0 Å². The Bertz CT molecular complexity index is 1070. The van der Waals surface area contributed by atoms with Crippen molar-refractivity contribution in [1.29, 1.82) is 0 Å². The third-order valence-corrected chi connectivity index (χ3v) is 4.50. The average Bonchev–Trinajstić information content (AvgIpc) is 2.75. The Morgan fingerprint density at radius 1 is 1.07 bits per heavy atom. The third kappa shape index (κ3) is 4.82. The molecular weight excluding hydrogens is 364 g/mol. The largest absolute Gasteiger partial charge is 0.493 e. The monoisotopic (exact) mass is 388 g/mol. The second-order valence-electron chi connectivity index (χ2n) is 6.45. The second-order valence-corrected chi connectivity index (χ2v) is 6.45. The number of ether oxygens (including phenoxy) is 2. The van der Waals surface area contributed by atoms with Gasteiger partial charge in [-0.05, 0) is 36.2 Å². The first-order valence-electron chi connectivity index (χ1n) is 9.30. The summed E-state index contributed by atoms with van der Waals surface area (Å²) in [7, 11) is 3.12. The van der Waals surface area contributed by atoms with E-state index in [1.165, 1.54) is 0 Å². The van der Waals surface area contributed by atoms with Crippen LogP contribution in [0, 0.1) is 0 Å².